The molecule has 3 unspecified atom stereocenters. The maximum absolute atomic E-state index is 9.23. The van der Waals surface area contributed by atoms with Crippen LogP contribution in [0.2, 0.25) is 5.02 Å². The predicted molar refractivity (Wildman–Crippen MR) is 73.1 cm³/mol. The molecule has 1 aromatic carbocycles. The van der Waals surface area contributed by atoms with Gasteiger partial charge in [0.2, 0.25) is 0 Å². The van der Waals surface area contributed by atoms with E-state index >= 15 is 0 Å². The molecule has 1 saturated heterocycles. The summed E-state index contributed by atoms with van der Waals surface area (Å²) in [4.78, 5) is 0.659. The standard InChI is InChI=1S/C13H13ClN2S/c1-8-6-11(12(7-15)13(17)16-8)9-2-4-10(14)5-3-9/h2-5,8,11-12H,6H2,1H3,(H,16,17). The molecule has 0 bridgehead atoms. The molecule has 1 N–H and O–H groups in total. The third kappa shape index (κ3) is 2.59. The van der Waals surface area contributed by atoms with Gasteiger partial charge in [-0.15, -0.1) is 0 Å². The second-order valence-corrected chi connectivity index (χ2v) is 5.29. The van der Waals surface area contributed by atoms with E-state index < -0.39 is 0 Å². The number of rotatable bonds is 1. The van der Waals surface area contributed by atoms with Crippen molar-refractivity contribution in [2.75, 3.05) is 0 Å². The first kappa shape index (κ1) is 12.3. The lowest BCUT2D eigenvalue weighted by Gasteiger charge is -2.33. The summed E-state index contributed by atoms with van der Waals surface area (Å²) in [6.45, 7) is 2.09. The van der Waals surface area contributed by atoms with Crippen LogP contribution in [0.15, 0.2) is 24.3 Å². The number of nitrogens with zero attached hydrogens (tertiary/aromatic N) is 1. The number of hydrogen-bond acceptors (Lipinski definition) is 2. The van der Waals surface area contributed by atoms with Crippen molar-refractivity contribution in [1.82, 2.24) is 5.32 Å². The van der Waals surface area contributed by atoms with Crippen LogP contribution < -0.4 is 5.32 Å². The molecule has 0 amide bonds. The van der Waals surface area contributed by atoms with E-state index in [4.69, 9.17) is 23.8 Å². The first-order valence-electron chi connectivity index (χ1n) is 5.57. The smallest absolute Gasteiger partial charge is 0.103 e. The Hall–Kier alpha value is -1.11. The molecule has 1 aliphatic heterocycles. The quantitative estimate of drug-likeness (QED) is 0.791. The third-order valence-electron chi connectivity index (χ3n) is 3.12. The molecule has 1 aliphatic rings. The SMILES string of the molecule is CC1CC(c2ccc(Cl)cc2)C(C#N)C(=S)N1. The predicted octanol–water partition coefficient (Wildman–Crippen LogP) is 3.27. The first-order chi connectivity index (χ1) is 8.11. The van der Waals surface area contributed by atoms with Crippen LogP contribution in [0, 0.1) is 17.2 Å². The van der Waals surface area contributed by atoms with Crippen molar-refractivity contribution in [3.8, 4) is 6.07 Å². The Morgan fingerprint density at radius 2 is 2.06 bits per heavy atom. The Kier molecular flexibility index (Phi) is 3.66. The Morgan fingerprint density at radius 1 is 1.41 bits per heavy atom. The number of benzene rings is 1. The van der Waals surface area contributed by atoms with Crippen molar-refractivity contribution in [2.24, 2.45) is 5.92 Å². The highest BCUT2D eigenvalue weighted by Crippen LogP contribution is 2.33. The van der Waals surface area contributed by atoms with Crippen molar-refractivity contribution in [3.63, 3.8) is 0 Å². The van der Waals surface area contributed by atoms with Gasteiger partial charge in [-0.3, -0.25) is 0 Å². The largest absolute Gasteiger partial charge is 0.376 e. The van der Waals surface area contributed by atoms with Crippen LogP contribution in [0.5, 0.6) is 0 Å². The monoisotopic (exact) mass is 264 g/mol. The van der Waals surface area contributed by atoms with E-state index in [2.05, 4.69) is 18.3 Å². The van der Waals surface area contributed by atoms with Crippen molar-refractivity contribution in [3.05, 3.63) is 34.9 Å². The molecule has 4 heteroatoms. The maximum Gasteiger partial charge on any atom is 0.103 e. The number of halogens is 1. The van der Waals surface area contributed by atoms with Crippen LogP contribution in [-0.2, 0) is 0 Å². The molecule has 0 aliphatic carbocycles. The molecule has 0 radical (unpaired) electrons. The topological polar surface area (TPSA) is 35.8 Å². The lowest BCUT2D eigenvalue weighted by Crippen LogP contribution is -2.44. The van der Waals surface area contributed by atoms with Crippen molar-refractivity contribution in [1.29, 1.82) is 5.26 Å². The fraction of sp³-hybridized carbons (Fsp3) is 0.385. The van der Waals surface area contributed by atoms with Gasteiger partial charge in [0.1, 0.15) is 5.92 Å². The van der Waals surface area contributed by atoms with Crippen LogP contribution >= 0.6 is 23.8 Å². The van der Waals surface area contributed by atoms with Crippen LogP contribution in [0.3, 0.4) is 0 Å². The van der Waals surface area contributed by atoms with Gasteiger partial charge < -0.3 is 5.32 Å². The van der Waals surface area contributed by atoms with Crippen molar-refractivity contribution < 1.29 is 0 Å². The molecular weight excluding hydrogens is 252 g/mol. The molecule has 1 heterocycles. The second-order valence-electron chi connectivity index (χ2n) is 4.41. The van der Waals surface area contributed by atoms with Crippen LogP contribution in [0.4, 0.5) is 0 Å². The van der Waals surface area contributed by atoms with E-state index in [-0.39, 0.29) is 11.8 Å². The van der Waals surface area contributed by atoms with E-state index in [0.29, 0.717) is 16.1 Å². The molecule has 17 heavy (non-hydrogen) atoms. The van der Waals surface area contributed by atoms with E-state index in [1.807, 2.05) is 24.3 Å². The summed E-state index contributed by atoms with van der Waals surface area (Å²) in [5.74, 6) is -0.0663. The zero-order chi connectivity index (χ0) is 12.4. The highest BCUT2D eigenvalue weighted by Gasteiger charge is 2.33. The minimum Gasteiger partial charge on any atom is -0.376 e. The molecule has 88 valence electrons. The van der Waals surface area contributed by atoms with Gasteiger partial charge in [-0.1, -0.05) is 36.0 Å². The van der Waals surface area contributed by atoms with Gasteiger partial charge in [-0.25, -0.2) is 0 Å². The Labute approximate surface area is 112 Å². The summed E-state index contributed by atoms with van der Waals surface area (Å²) in [5.41, 5.74) is 1.14. The molecule has 0 aromatic heterocycles. The fourth-order valence-electron chi connectivity index (χ4n) is 2.28. The summed E-state index contributed by atoms with van der Waals surface area (Å²) in [6.07, 6.45) is 0.917. The second kappa shape index (κ2) is 5.03. The van der Waals surface area contributed by atoms with Gasteiger partial charge in [0, 0.05) is 17.0 Å². The molecule has 2 nitrogen and oxygen atoms in total. The normalized spacial score (nSPS) is 28.3. The summed E-state index contributed by atoms with van der Waals surface area (Å²) >= 11 is 11.1. The highest BCUT2D eigenvalue weighted by molar-refractivity contribution is 7.80. The van der Waals surface area contributed by atoms with Gasteiger partial charge in [-0.05, 0) is 31.0 Å². The summed E-state index contributed by atoms with van der Waals surface area (Å²) in [7, 11) is 0. The van der Waals surface area contributed by atoms with E-state index in [1.54, 1.807) is 0 Å². The highest BCUT2D eigenvalue weighted by atomic mass is 35.5. The Bertz CT molecular complexity index is 463. The van der Waals surface area contributed by atoms with Gasteiger partial charge >= 0.3 is 0 Å². The molecule has 2 rings (SSSR count). The molecule has 1 fully saturated rings. The lowest BCUT2D eigenvalue weighted by molar-refractivity contribution is 0.448. The number of hydrogen-bond donors (Lipinski definition) is 1. The van der Waals surface area contributed by atoms with Crippen LogP contribution in [0.1, 0.15) is 24.8 Å². The van der Waals surface area contributed by atoms with Gasteiger partial charge in [0.05, 0.1) is 11.1 Å². The Balaban J connectivity index is 2.31. The third-order valence-corrected chi connectivity index (χ3v) is 3.74. The first-order valence-corrected chi connectivity index (χ1v) is 6.36. The number of nitriles is 1. The lowest BCUT2D eigenvalue weighted by atomic mass is 9.79. The van der Waals surface area contributed by atoms with Gasteiger partial charge in [0.25, 0.3) is 0 Å². The van der Waals surface area contributed by atoms with Crippen LogP contribution in [-0.4, -0.2) is 11.0 Å². The Morgan fingerprint density at radius 3 is 2.65 bits per heavy atom. The van der Waals surface area contributed by atoms with Gasteiger partial charge in [-0.2, -0.15) is 5.26 Å². The molecule has 1 aromatic rings. The maximum atomic E-state index is 9.23. The molecular formula is C13H13ClN2S. The van der Waals surface area contributed by atoms with E-state index in [0.717, 1.165) is 12.0 Å². The molecule has 0 saturated carbocycles. The van der Waals surface area contributed by atoms with Crippen molar-refractivity contribution >= 4 is 28.8 Å². The minimum atomic E-state index is -0.234. The summed E-state index contributed by atoms with van der Waals surface area (Å²) in [6, 6.07) is 10.3. The zero-order valence-electron chi connectivity index (χ0n) is 9.48. The summed E-state index contributed by atoms with van der Waals surface area (Å²) in [5, 5.41) is 13.1. The minimum absolute atomic E-state index is 0.168. The number of piperidine rings is 1. The molecule has 0 spiro atoms. The summed E-state index contributed by atoms with van der Waals surface area (Å²) < 4.78 is 0. The zero-order valence-corrected chi connectivity index (χ0v) is 11.1. The molecule has 3 atom stereocenters. The average molecular weight is 265 g/mol. The fourth-order valence-corrected chi connectivity index (χ4v) is 2.82. The van der Waals surface area contributed by atoms with Crippen molar-refractivity contribution in [2.45, 2.75) is 25.3 Å². The average Bonchev–Trinajstić information content (AvgIpc) is 2.29. The van der Waals surface area contributed by atoms with Crippen LogP contribution in [0.25, 0.3) is 0 Å². The van der Waals surface area contributed by atoms with E-state index in [1.165, 1.54) is 0 Å². The van der Waals surface area contributed by atoms with E-state index in [9.17, 15) is 5.26 Å². The number of thiocarbonyl (C=S) groups is 1. The number of nitrogens with one attached hydrogen (secondary N) is 1. The van der Waals surface area contributed by atoms with Gasteiger partial charge in [0.15, 0.2) is 0 Å².